The van der Waals surface area contributed by atoms with Crippen LogP contribution in [-0.4, -0.2) is 19.0 Å². The highest BCUT2D eigenvalue weighted by Gasteiger charge is 2.22. The molecule has 1 fully saturated rings. The van der Waals surface area contributed by atoms with Gasteiger partial charge in [0.25, 0.3) is 0 Å². The maximum absolute atomic E-state index is 11.6. The SMILES string of the molecule is O=C1CCOCC1Cc1ccc(Cl)cc1. The van der Waals surface area contributed by atoms with Gasteiger partial charge in [0.1, 0.15) is 5.78 Å². The summed E-state index contributed by atoms with van der Waals surface area (Å²) in [6.45, 7) is 1.14. The number of halogens is 1. The first-order chi connectivity index (χ1) is 7.25. The van der Waals surface area contributed by atoms with Gasteiger partial charge >= 0.3 is 0 Å². The van der Waals surface area contributed by atoms with Crippen molar-refractivity contribution in [3.05, 3.63) is 34.9 Å². The average molecular weight is 225 g/mol. The largest absolute Gasteiger partial charge is 0.380 e. The minimum Gasteiger partial charge on any atom is -0.380 e. The molecule has 0 aromatic heterocycles. The number of ketones is 1. The third kappa shape index (κ3) is 2.80. The van der Waals surface area contributed by atoms with Crippen LogP contribution in [0.15, 0.2) is 24.3 Å². The first kappa shape index (κ1) is 10.7. The van der Waals surface area contributed by atoms with Crippen molar-refractivity contribution < 1.29 is 9.53 Å². The zero-order valence-corrected chi connectivity index (χ0v) is 9.17. The minimum atomic E-state index is 0.0277. The molecule has 1 heterocycles. The Labute approximate surface area is 94.2 Å². The smallest absolute Gasteiger partial charge is 0.140 e. The van der Waals surface area contributed by atoms with Crippen LogP contribution in [-0.2, 0) is 16.0 Å². The standard InChI is InChI=1S/C12H13ClO2/c13-11-3-1-9(2-4-11)7-10-8-15-6-5-12(10)14/h1-4,10H,5-8H2. The maximum Gasteiger partial charge on any atom is 0.140 e. The van der Waals surface area contributed by atoms with Crippen molar-refractivity contribution in [3.8, 4) is 0 Å². The Morgan fingerprint density at radius 3 is 2.73 bits per heavy atom. The fourth-order valence-electron chi connectivity index (χ4n) is 1.77. The first-order valence-electron chi connectivity index (χ1n) is 5.10. The molecule has 0 N–H and O–H groups in total. The van der Waals surface area contributed by atoms with Crippen LogP contribution in [0, 0.1) is 5.92 Å². The molecule has 0 aliphatic carbocycles. The second-order valence-electron chi connectivity index (χ2n) is 3.82. The fourth-order valence-corrected chi connectivity index (χ4v) is 1.90. The van der Waals surface area contributed by atoms with Crippen molar-refractivity contribution in [1.29, 1.82) is 0 Å². The molecule has 1 atom stereocenters. The molecular weight excluding hydrogens is 212 g/mol. The molecule has 80 valence electrons. The van der Waals surface area contributed by atoms with Crippen LogP contribution in [0.25, 0.3) is 0 Å². The third-order valence-electron chi connectivity index (χ3n) is 2.66. The molecule has 2 rings (SSSR count). The quantitative estimate of drug-likeness (QED) is 0.772. The summed E-state index contributed by atoms with van der Waals surface area (Å²) in [5.41, 5.74) is 1.14. The molecule has 1 aliphatic heterocycles. The van der Waals surface area contributed by atoms with Crippen LogP contribution in [0.4, 0.5) is 0 Å². The van der Waals surface area contributed by atoms with Crippen LogP contribution >= 0.6 is 11.6 Å². The Kier molecular flexibility index (Phi) is 3.39. The molecule has 1 aromatic carbocycles. The number of carbonyl (C=O) groups is 1. The lowest BCUT2D eigenvalue weighted by Gasteiger charge is -2.20. The van der Waals surface area contributed by atoms with Gasteiger partial charge in [0.05, 0.1) is 13.2 Å². The molecule has 0 spiro atoms. The van der Waals surface area contributed by atoms with Crippen molar-refractivity contribution in [2.24, 2.45) is 5.92 Å². The van der Waals surface area contributed by atoms with Gasteiger partial charge in [0.15, 0.2) is 0 Å². The monoisotopic (exact) mass is 224 g/mol. The molecule has 1 aliphatic rings. The van der Waals surface area contributed by atoms with Gasteiger partial charge in [-0.1, -0.05) is 23.7 Å². The van der Waals surface area contributed by atoms with Gasteiger partial charge in [-0.25, -0.2) is 0 Å². The summed E-state index contributed by atoms with van der Waals surface area (Å²) in [7, 11) is 0. The highest BCUT2D eigenvalue weighted by molar-refractivity contribution is 6.30. The van der Waals surface area contributed by atoms with Crippen LogP contribution in [0.2, 0.25) is 5.02 Å². The van der Waals surface area contributed by atoms with E-state index in [1.165, 1.54) is 0 Å². The molecule has 1 saturated heterocycles. The Balaban J connectivity index is 2.01. The normalized spacial score (nSPS) is 21.7. The molecular formula is C12H13ClO2. The number of rotatable bonds is 2. The second-order valence-corrected chi connectivity index (χ2v) is 4.26. The molecule has 2 nitrogen and oxygen atoms in total. The van der Waals surface area contributed by atoms with E-state index in [4.69, 9.17) is 16.3 Å². The lowest BCUT2D eigenvalue weighted by Crippen LogP contribution is -2.29. The summed E-state index contributed by atoms with van der Waals surface area (Å²) < 4.78 is 5.30. The summed E-state index contributed by atoms with van der Waals surface area (Å²) in [5, 5.41) is 0.727. The van der Waals surface area contributed by atoms with Gasteiger partial charge in [-0.05, 0) is 24.1 Å². The van der Waals surface area contributed by atoms with Crippen molar-refractivity contribution in [3.63, 3.8) is 0 Å². The van der Waals surface area contributed by atoms with E-state index in [2.05, 4.69) is 0 Å². The van der Waals surface area contributed by atoms with Gasteiger partial charge < -0.3 is 4.74 Å². The van der Waals surface area contributed by atoms with E-state index >= 15 is 0 Å². The summed E-state index contributed by atoms with van der Waals surface area (Å²) in [4.78, 5) is 11.6. The van der Waals surface area contributed by atoms with Crippen LogP contribution in [0.1, 0.15) is 12.0 Å². The topological polar surface area (TPSA) is 26.3 Å². The van der Waals surface area contributed by atoms with E-state index < -0.39 is 0 Å². The van der Waals surface area contributed by atoms with Crippen molar-refractivity contribution in [1.82, 2.24) is 0 Å². The fraction of sp³-hybridized carbons (Fsp3) is 0.417. The Bertz CT molecular complexity index is 345. The van der Waals surface area contributed by atoms with Gasteiger partial charge in [-0.2, -0.15) is 0 Å². The number of carbonyl (C=O) groups excluding carboxylic acids is 1. The van der Waals surface area contributed by atoms with Crippen molar-refractivity contribution in [2.45, 2.75) is 12.8 Å². The minimum absolute atomic E-state index is 0.0277. The highest BCUT2D eigenvalue weighted by atomic mass is 35.5. The third-order valence-corrected chi connectivity index (χ3v) is 2.91. The van der Waals surface area contributed by atoms with E-state index in [9.17, 15) is 4.79 Å². The molecule has 0 radical (unpaired) electrons. The second kappa shape index (κ2) is 4.77. The molecule has 15 heavy (non-hydrogen) atoms. The van der Waals surface area contributed by atoms with E-state index in [1.807, 2.05) is 24.3 Å². The van der Waals surface area contributed by atoms with Gasteiger partial charge in [0, 0.05) is 17.4 Å². The maximum atomic E-state index is 11.6. The summed E-state index contributed by atoms with van der Waals surface area (Å²) in [6.07, 6.45) is 1.31. The van der Waals surface area contributed by atoms with Crippen LogP contribution in [0.3, 0.4) is 0 Å². The lowest BCUT2D eigenvalue weighted by atomic mass is 9.93. The number of hydrogen-bond donors (Lipinski definition) is 0. The van der Waals surface area contributed by atoms with Gasteiger partial charge in [-0.15, -0.1) is 0 Å². The molecule has 0 saturated carbocycles. The first-order valence-corrected chi connectivity index (χ1v) is 5.48. The number of hydrogen-bond acceptors (Lipinski definition) is 2. The van der Waals surface area contributed by atoms with E-state index in [0.717, 1.165) is 17.0 Å². The van der Waals surface area contributed by atoms with Crippen LogP contribution in [0.5, 0.6) is 0 Å². The molecule has 1 aromatic rings. The summed E-state index contributed by atoms with van der Waals surface area (Å²) in [6, 6.07) is 7.63. The predicted molar refractivity (Wildman–Crippen MR) is 59.1 cm³/mol. The zero-order chi connectivity index (χ0) is 10.7. The van der Waals surface area contributed by atoms with Crippen LogP contribution < -0.4 is 0 Å². The van der Waals surface area contributed by atoms with Crippen molar-refractivity contribution >= 4 is 17.4 Å². The summed E-state index contributed by atoms with van der Waals surface area (Å²) in [5.74, 6) is 0.344. The number of Topliss-reactive ketones (excluding diaryl/α,β-unsaturated/α-hetero) is 1. The Hall–Kier alpha value is -0.860. The van der Waals surface area contributed by atoms with Crippen molar-refractivity contribution in [2.75, 3.05) is 13.2 Å². The van der Waals surface area contributed by atoms with Gasteiger partial charge in [-0.3, -0.25) is 4.79 Å². The van der Waals surface area contributed by atoms with E-state index in [1.54, 1.807) is 0 Å². The molecule has 0 amide bonds. The highest BCUT2D eigenvalue weighted by Crippen LogP contribution is 2.17. The molecule has 3 heteroatoms. The zero-order valence-electron chi connectivity index (χ0n) is 8.41. The Morgan fingerprint density at radius 1 is 1.33 bits per heavy atom. The van der Waals surface area contributed by atoms with E-state index in [0.29, 0.717) is 25.4 Å². The average Bonchev–Trinajstić information content (AvgIpc) is 2.25. The number of ether oxygens (including phenoxy) is 1. The number of benzene rings is 1. The lowest BCUT2D eigenvalue weighted by molar-refractivity contribution is -0.130. The Morgan fingerprint density at radius 2 is 2.07 bits per heavy atom. The molecule has 1 unspecified atom stereocenters. The van der Waals surface area contributed by atoms with E-state index in [-0.39, 0.29) is 5.92 Å². The predicted octanol–water partition coefficient (Wildman–Crippen LogP) is 2.49. The molecule has 0 bridgehead atoms. The summed E-state index contributed by atoms with van der Waals surface area (Å²) >= 11 is 5.79. The van der Waals surface area contributed by atoms with Gasteiger partial charge in [0.2, 0.25) is 0 Å².